The average molecular weight is 218 g/mol. The molecule has 16 heavy (non-hydrogen) atoms. The Labute approximate surface area is 94.2 Å². The molecule has 4 heteroatoms. The molecule has 1 aromatic rings. The predicted octanol–water partition coefficient (Wildman–Crippen LogP) is 2.06. The lowest BCUT2D eigenvalue weighted by Crippen LogP contribution is -2.24. The summed E-state index contributed by atoms with van der Waals surface area (Å²) in [6, 6.07) is 6.89. The Hall–Kier alpha value is -1.84. The van der Waals surface area contributed by atoms with Crippen LogP contribution in [0.15, 0.2) is 29.4 Å². The molecule has 1 amide bonds. The number of phenols is 1. The van der Waals surface area contributed by atoms with Crippen LogP contribution in [-0.2, 0) is 4.79 Å². The Bertz CT molecular complexity index is 454. The first-order valence-electron chi connectivity index (χ1n) is 5.21. The summed E-state index contributed by atoms with van der Waals surface area (Å²) in [4.78, 5) is 11.4. The molecule has 0 fully saturated rings. The van der Waals surface area contributed by atoms with Crippen molar-refractivity contribution < 1.29 is 9.90 Å². The summed E-state index contributed by atoms with van der Waals surface area (Å²) in [5.41, 5.74) is 1.65. The number of hydrogen-bond donors (Lipinski definition) is 1. The zero-order chi connectivity index (χ0) is 11.7. The van der Waals surface area contributed by atoms with Crippen LogP contribution in [0, 0.1) is 0 Å². The minimum Gasteiger partial charge on any atom is -0.508 e. The second-order valence-corrected chi connectivity index (χ2v) is 3.98. The van der Waals surface area contributed by atoms with Gasteiger partial charge in [-0.25, -0.2) is 5.01 Å². The van der Waals surface area contributed by atoms with Gasteiger partial charge in [0.25, 0.3) is 0 Å². The summed E-state index contributed by atoms with van der Waals surface area (Å²) >= 11 is 0. The Kier molecular flexibility index (Phi) is 2.64. The molecule has 0 saturated heterocycles. The van der Waals surface area contributed by atoms with E-state index in [1.807, 2.05) is 19.1 Å². The highest BCUT2D eigenvalue weighted by molar-refractivity contribution is 5.88. The molecule has 0 aromatic heterocycles. The second-order valence-electron chi connectivity index (χ2n) is 3.98. The van der Waals surface area contributed by atoms with E-state index in [2.05, 4.69) is 5.10 Å². The Morgan fingerprint density at radius 3 is 2.81 bits per heavy atom. The largest absolute Gasteiger partial charge is 0.508 e. The first-order valence-corrected chi connectivity index (χ1v) is 5.21. The van der Waals surface area contributed by atoms with E-state index in [1.54, 1.807) is 12.1 Å². The van der Waals surface area contributed by atoms with Crippen LogP contribution < -0.4 is 0 Å². The van der Waals surface area contributed by atoms with Crippen LogP contribution in [0.3, 0.4) is 0 Å². The van der Waals surface area contributed by atoms with Crippen LogP contribution in [0.4, 0.5) is 0 Å². The third kappa shape index (κ3) is 1.78. The van der Waals surface area contributed by atoms with Gasteiger partial charge in [-0.2, -0.15) is 5.10 Å². The van der Waals surface area contributed by atoms with Crippen LogP contribution in [-0.4, -0.2) is 21.7 Å². The fourth-order valence-electron chi connectivity index (χ4n) is 1.96. The van der Waals surface area contributed by atoms with Crippen LogP contribution in [0.1, 0.15) is 31.9 Å². The van der Waals surface area contributed by atoms with Crippen molar-refractivity contribution in [3.8, 4) is 5.75 Å². The van der Waals surface area contributed by atoms with Gasteiger partial charge in [-0.1, -0.05) is 18.2 Å². The first-order chi connectivity index (χ1) is 7.59. The molecule has 0 saturated carbocycles. The molecule has 1 unspecified atom stereocenters. The summed E-state index contributed by atoms with van der Waals surface area (Å²) in [6.45, 7) is 3.37. The van der Waals surface area contributed by atoms with E-state index in [0.29, 0.717) is 6.42 Å². The molecule has 2 rings (SSSR count). The summed E-state index contributed by atoms with van der Waals surface area (Å²) in [7, 11) is 0. The van der Waals surface area contributed by atoms with E-state index in [1.165, 1.54) is 11.9 Å². The van der Waals surface area contributed by atoms with E-state index in [0.717, 1.165) is 11.3 Å². The third-order valence-electron chi connectivity index (χ3n) is 2.68. The predicted molar refractivity (Wildman–Crippen MR) is 61.1 cm³/mol. The zero-order valence-electron chi connectivity index (χ0n) is 9.34. The highest BCUT2D eigenvalue weighted by Crippen LogP contribution is 2.35. The molecule has 0 spiro atoms. The van der Waals surface area contributed by atoms with Gasteiger partial charge in [0.1, 0.15) is 5.75 Å². The van der Waals surface area contributed by atoms with Crippen molar-refractivity contribution in [3.63, 3.8) is 0 Å². The molecule has 4 nitrogen and oxygen atoms in total. The molecule has 1 atom stereocenters. The number of rotatable bonds is 1. The number of aromatic hydroxyl groups is 1. The van der Waals surface area contributed by atoms with Crippen molar-refractivity contribution in [2.75, 3.05) is 0 Å². The highest BCUT2D eigenvalue weighted by Gasteiger charge is 2.30. The third-order valence-corrected chi connectivity index (χ3v) is 2.68. The van der Waals surface area contributed by atoms with E-state index < -0.39 is 0 Å². The number of benzene rings is 1. The number of carbonyl (C=O) groups is 1. The normalized spacial score (nSPS) is 19.8. The van der Waals surface area contributed by atoms with Gasteiger partial charge in [-0.3, -0.25) is 4.79 Å². The average Bonchev–Trinajstić information content (AvgIpc) is 2.61. The van der Waals surface area contributed by atoms with Crippen molar-refractivity contribution >= 4 is 11.6 Å². The fourth-order valence-corrected chi connectivity index (χ4v) is 1.96. The lowest BCUT2D eigenvalue weighted by molar-refractivity contribution is -0.130. The maximum absolute atomic E-state index is 11.4. The standard InChI is InChI=1S/C12H14N2O2/c1-8-7-11(14(13-8)9(2)15)10-5-3-4-6-12(10)16/h3-6,11,16H,7H2,1-2H3. The van der Waals surface area contributed by atoms with Crippen molar-refractivity contribution in [1.82, 2.24) is 5.01 Å². The lowest BCUT2D eigenvalue weighted by Gasteiger charge is -2.21. The molecular weight excluding hydrogens is 204 g/mol. The highest BCUT2D eigenvalue weighted by atomic mass is 16.3. The quantitative estimate of drug-likeness (QED) is 0.784. The lowest BCUT2D eigenvalue weighted by atomic mass is 10.0. The minimum atomic E-state index is -0.168. The molecule has 84 valence electrons. The topological polar surface area (TPSA) is 52.9 Å². The smallest absolute Gasteiger partial charge is 0.240 e. The first kappa shape index (κ1) is 10.7. The second kappa shape index (κ2) is 3.96. The molecule has 0 aliphatic carbocycles. The van der Waals surface area contributed by atoms with Gasteiger partial charge in [0.15, 0.2) is 0 Å². The maximum Gasteiger partial charge on any atom is 0.240 e. The maximum atomic E-state index is 11.4. The molecule has 1 aromatic carbocycles. The van der Waals surface area contributed by atoms with Crippen LogP contribution >= 0.6 is 0 Å². The minimum absolute atomic E-state index is 0.106. The van der Waals surface area contributed by atoms with Crippen molar-refractivity contribution in [2.45, 2.75) is 26.3 Å². The van der Waals surface area contributed by atoms with E-state index >= 15 is 0 Å². The van der Waals surface area contributed by atoms with Crippen LogP contribution in [0.2, 0.25) is 0 Å². The summed E-state index contributed by atoms with van der Waals surface area (Å²) in [6.07, 6.45) is 0.678. The van der Waals surface area contributed by atoms with Gasteiger partial charge in [-0.15, -0.1) is 0 Å². The van der Waals surface area contributed by atoms with E-state index in [9.17, 15) is 9.90 Å². The van der Waals surface area contributed by atoms with Crippen LogP contribution in [0.25, 0.3) is 0 Å². The number of carbonyl (C=O) groups excluding carboxylic acids is 1. The molecule has 0 bridgehead atoms. The number of hydrazone groups is 1. The van der Waals surface area contributed by atoms with Gasteiger partial charge < -0.3 is 5.11 Å². The Balaban J connectivity index is 2.36. The van der Waals surface area contributed by atoms with Crippen molar-refractivity contribution in [1.29, 1.82) is 0 Å². The molecular formula is C12H14N2O2. The molecule has 1 aliphatic rings. The zero-order valence-corrected chi connectivity index (χ0v) is 9.34. The van der Waals surface area contributed by atoms with Crippen molar-refractivity contribution in [2.24, 2.45) is 5.10 Å². The van der Waals surface area contributed by atoms with E-state index in [4.69, 9.17) is 0 Å². The van der Waals surface area contributed by atoms with Gasteiger partial charge in [-0.05, 0) is 13.0 Å². The summed E-state index contributed by atoms with van der Waals surface area (Å²) in [5.74, 6) is 0.105. The van der Waals surface area contributed by atoms with Gasteiger partial charge >= 0.3 is 0 Å². The van der Waals surface area contributed by atoms with Gasteiger partial charge in [0.05, 0.1) is 6.04 Å². The number of hydrogen-bond acceptors (Lipinski definition) is 3. The Morgan fingerprint density at radius 2 is 2.19 bits per heavy atom. The summed E-state index contributed by atoms with van der Waals surface area (Å²) in [5, 5.41) is 15.4. The van der Waals surface area contributed by atoms with Gasteiger partial charge in [0, 0.05) is 24.6 Å². The molecule has 1 N–H and O–H groups in total. The fraction of sp³-hybridized carbons (Fsp3) is 0.333. The molecule has 1 heterocycles. The SMILES string of the molecule is CC(=O)N1N=C(C)CC1c1ccccc1O. The van der Waals surface area contributed by atoms with E-state index in [-0.39, 0.29) is 17.7 Å². The molecule has 1 aliphatic heterocycles. The van der Waals surface area contributed by atoms with Crippen LogP contribution in [0.5, 0.6) is 5.75 Å². The summed E-state index contributed by atoms with van der Waals surface area (Å²) < 4.78 is 0. The number of para-hydroxylation sites is 1. The molecule has 0 radical (unpaired) electrons. The monoisotopic (exact) mass is 218 g/mol. The number of phenolic OH excluding ortho intramolecular Hbond substituents is 1. The van der Waals surface area contributed by atoms with Gasteiger partial charge in [0.2, 0.25) is 5.91 Å². The number of amides is 1. The van der Waals surface area contributed by atoms with Crippen molar-refractivity contribution in [3.05, 3.63) is 29.8 Å². The number of nitrogens with zero attached hydrogens (tertiary/aromatic N) is 2. The Morgan fingerprint density at radius 1 is 1.50 bits per heavy atom.